The van der Waals surface area contributed by atoms with Crippen LogP contribution in [0.1, 0.15) is 27.7 Å². The summed E-state index contributed by atoms with van der Waals surface area (Å²) < 4.78 is 11.0. The minimum absolute atomic E-state index is 0. The van der Waals surface area contributed by atoms with Crippen LogP contribution in [0.25, 0.3) is 0 Å². The van der Waals surface area contributed by atoms with Crippen molar-refractivity contribution < 1.29 is 60.5 Å². The summed E-state index contributed by atoms with van der Waals surface area (Å²) in [6.45, 7) is 7.36. The van der Waals surface area contributed by atoms with Crippen LogP contribution in [-0.2, 0) is 30.8 Å². The summed E-state index contributed by atoms with van der Waals surface area (Å²) in [4.78, 5) is 11.0. The van der Waals surface area contributed by atoms with Crippen LogP contribution in [0.15, 0.2) is 16.7 Å². The second-order valence-corrected chi connectivity index (χ2v) is 4.74. The molecule has 0 aromatic rings. The summed E-state index contributed by atoms with van der Waals surface area (Å²) in [6.07, 6.45) is 2.98. The largest absolute Gasteiger partial charge is 3.00 e. The molecule has 0 saturated heterocycles. The Bertz CT molecular complexity index is 315. The van der Waals surface area contributed by atoms with Gasteiger partial charge in [0, 0.05) is 0 Å². The van der Waals surface area contributed by atoms with Crippen molar-refractivity contribution in [2.24, 2.45) is 0 Å². The van der Waals surface area contributed by atoms with Crippen LogP contribution in [0.3, 0.4) is 0 Å². The smallest absolute Gasteiger partial charge is 1.00 e. The molecule has 0 spiro atoms. The van der Waals surface area contributed by atoms with Crippen LogP contribution in [0, 0.1) is 6.08 Å². The first kappa shape index (κ1) is 21.3. The van der Waals surface area contributed by atoms with E-state index in [1.54, 1.807) is 6.92 Å². The van der Waals surface area contributed by atoms with Crippen LogP contribution in [0.2, 0.25) is 0 Å². The van der Waals surface area contributed by atoms with Gasteiger partial charge in [-0.15, -0.1) is 12.5 Å². The molecular weight excluding hydrogens is 333 g/mol. The zero-order chi connectivity index (χ0) is 9.52. The maximum Gasteiger partial charge on any atom is 3.00 e. The van der Waals surface area contributed by atoms with Gasteiger partial charge in [-0.1, -0.05) is 18.4 Å². The predicted molar refractivity (Wildman–Crippen MR) is 46.8 cm³/mol. The second kappa shape index (κ2) is 7.35. The molecule has 1 aliphatic rings. The number of hydrogen-bond donors (Lipinski definition) is 0. The van der Waals surface area contributed by atoms with E-state index in [-0.39, 0.29) is 51.0 Å². The fourth-order valence-electron chi connectivity index (χ4n) is 1.38. The Hall–Kier alpha value is 1.00. The third-order valence-electron chi connectivity index (χ3n) is 2.65. The summed E-state index contributed by atoms with van der Waals surface area (Å²) >= 11 is 0. The molecule has 2 unspecified atom stereocenters. The molecule has 0 fully saturated rings. The van der Waals surface area contributed by atoms with Crippen molar-refractivity contribution in [3.63, 3.8) is 0 Å². The van der Waals surface area contributed by atoms with Gasteiger partial charge in [-0.25, -0.2) is 11.6 Å². The standard InChI is InChI=1S/C9H12O2P.2ClH.Zr/c1-6-5-9(4,12(10)11)8(3)7(6)2;;;/h1-4H3;2*1H;/q-1;;;+3/p-2. The minimum atomic E-state index is -2.47. The molecule has 0 aromatic heterocycles. The average Bonchev–Trinajstić information content (AvgIpc) is 2.17. The van der Waals surface area contributed by atoms with Gasteiger partial charge in [-0.3, -0.25) is 0 Å². The summed E-state index contributed by atoms with van der Waals surface area (Å²) in [6, 6.07) is 0. The van der Waals surface area contributed by atoms with Gasteiger partial charge in [-0.2, -0.15) is 5.57 Å². The minimum Gasteiger partial charge on any atom is -1.00 e. The molecule has 83 valence electrons. The van der Waals surface area contributed by atoms with E-state index in [9.17, 15) is 9.46 Å². The molecule has 0 N–H and O–H groups in total. The zero-order valence-electron chi connectivity index (χ0n) is 9.02. The van der Waals surface area contributed by atoms with Gasteiger partial charge >= 0.3 is 34.2 Å². The number of allylic oxidation sites excluding steroid dienone is 4. The van der Waals surface area contributed by atoms with Crippen molar-refractivity contribution in [2.45, 2.75) is 32.9 Å². The average molecular weight is 345 g/mol. The van der Waals surface area contributed by atoms with Gasteiger partial charge < -0.3 is 29.7 Å². The normalized spacial score (nSPS) is 24.6. The van der Waals surface area contributed by atoms with Crippen molar-refractivity contribution in [2.75, 3.05) is 0 Å². The molecule has 1 radical (unpaired) electrons. The number of hydrogen-bond acceptors (Lipinski definition) is 2. The van der Waals surface area contributed by atoms with E-state index in [0.717, 1.165) is 16.7 Å². The maximum atomic E-state index is 11.0. The third-order valence-corrected chi connectivity index (χ3v) is 3.83. The van der Waals surface area contributed by atoms with Gasteiger partial charge in [0.1, 0.15) is 5.16 Å². The zero-order valence-corrected chi connectivity index (χ0v) is 13.9. The van der Waals surface area contributed by atoms with E-state index in [1.165, 1.54) is 0 Å². The molecule has 0 saturated carbocycles. The predicted octanol–water partition coefficient (Wildman–Crippen LogP) is -4.05. The first-order valence-corrected chi connectivity index (χ1v) is 5.02. The van der Waals surface area contributed by atoms with Crippen molar-refractivity contribution in [3.05, 3.63) is 22.8 Å². The third kappa shape index (κ3) is 3.75. The van der Waals surface area contributed by atoms with Crippen LogP contribution in [0.4, 0.5) is 0 Å². The number of rotatable bonds is 1. The van der Waals surface area contributed by atoms with Crippen molar-refractivity contribution in [1.82, 2.24) is 0 Å². The van der Waals surface area contributed by atoms with E-state index < -0.39 is 13.2 Å². The first-order chi connectivity index (χ1) is 5.39. The van der Waals surface area contributed by atoms with Crippen LogP contribution in [-0.4, -0.2) is 5.16 Å². The van der Waals surface area contributed by atoms with Crippen LogP contribution >= 0.6 is 8.03 Å². The van der Waals surface area contributed by atoms with Crippen molar-refractivity contribution >= 4 is 8.03 Å². The Morgan fingerprint density at radius 1 is 1.27 bits per heavy atom. The molecule has 0 heterocycles. The fraction of sp³-hybridized carbons (Fsp3) is 0.556. The quantitative estimate of drug-likeness (QED) is 0.359. The van der Waals surface area contributed by atoms with Gasteiger partial charge in [0.05, 0.1) is 0 Å². The molecule has 0 amide bonds. The summed E-state index contributed by atoms with van der Waals surface area (Å²) in [5, 5.41) is -0.858. The molecule has 2 atom stereocenters. The van der Waals surface area contributed by atoms with E-state index in [0.29, 0.717) is 0 Å². The van der Waals surface area contributed by atoms with E-state index in [2.05, 4.69) is 6.08 Å². The Labute approximate surface area is 123 Å². The molecular formula is C9H12Cl2O2PZr. The van der Waals surface area contributed by atoms with E-state index in [4.69, 9.17) is 0 Å². The Kier molecular flexibility index (Phi) is 10.4. The number of halogens is 2. The fourth-order valence-corrected chi connectivity index (χ4v) is 2.08. The van der Waals surface area contributed by atoms with Crippen LogP contribution in [0.5, 0.6) is 0 Å². The van der Waals surface area contributed by atoms with E-state index >= 15 is 0 Å². The van der Waals surface area contributed by atoms with Crippen LogP contribution < -0.4 is 29.7 Å². The molecule has 6 heteroatoms. The monoisotopic (exact) mass is 343 g/mol. The Morgan fingerprint density at radius 3 is 1.80 bits per heavy atom. The molecule has 0 aliphatic heterocycles. The van der Waals surface area contributed by atoms with Crippen molar-refractivity contribution in [1.29, 1.82) is 0 Å². The molecule has 15 heavy (non-hydrogen) atoms. The molecule has 2 nitrogen and oxygen atoms in total. The van der Waals surface area contributed by atoms with E-state index in [1.807, 2.05) is 20.8 Å². The summed E-state index contributed by atoms with van der Waals surface area (Å²) in [7, 11) is -2.47. The van der Waals surface area contributed by atoms with Gasteiger partial charge in [-0.05, 0) is 6.92 Å². The SMILES string of the molecule is CC1=[C-]C(C)([P+](=O)[O-])C(C)=C1C.[Cl-].[Cl-].[Zr+3]. The topological polar surface area (TPSA) is 40.1 Å². The van der Waals surface area contributed by atoms with Gasteiger partial charge in [0.25, 0.3) is 0 Å². The molecule has 0 aromatic carbocycles. The first-order valence-electron chi connectivity index (χ1n) is 3.84. The summed E-state index contributed by atoms with van der Waals surface area (Å²) in [5.41, 5.74) is 2.90. The Morgan fingerprint density at radius 2 is 1.67 bits per heavy atom. The Balaban J connectivity index is -0.000000480. The second-order valence-electron chi connectivity index (χ2n) is 3.33. The van der Waals surface area contributed by atoms with Gasteiger partial charge in [0.2, 0.25) is 0 Å². The van der Waals surface area contributed by atoms with Gasteiger partial charge in [0.15, 0.2) is 0 Å². The maximum absolute atomic E-state index is 11.0. The molecule has 1 rings (SSSR count). The van der Waals surface area contributed by atoms with Crippen molar-refractivity contribution in [3.8, 4) is 0 Å². The summed E-state index contributed by atoms with van der Waals surface area (Å²) in [5.74, 6) is 0. The molecule has 1 aliphatic carbocycles. The molecule has 0 bridgehead atoms.